The fourth-order valence-corrected chi connectivity index (χ4v) is 3.56. The summed E-state index contributed by atoms with van der Waals surface area (Å²) in [4.78, 5) is 12.4. The number of carbonyl (C=O) groups is 1. The number of rotatable bonds is 4. The first-order valence-electron chi connectivity index (χ1n) is 8.80. The van der Waals surface area contributed by atoms with Gasteiger partial charge in [-0.25, -0.2) is 0 Å². The van der Waals surface area contributed by atoms with Crippen LogP contribution in [0.2, 0.25) is 0 Å². The van der Waals surface area contributed by atoms with E-state index >= 15 is 0 Å². The summed E-state index contributed by atoms with van der Waals surface area (Å²) in [5.74, 6) is 2.11. The van der Waals surface area contributed by atoms with Gasteiger partial charge in [0.2, 0.25) is 5.76 Å². The Morgan fingerprint density at radius 2 is 2.24 bits per heavy atom. The molecule has 0 saturated heterocycles. The van der Waals surface area contributed by atoms with Crippen LogP contribution < -0.4 is 14.8 Å². The molecule has 0 unspecified atom stereocenters. The highest BCUT2D eigenvalue weighted by Gasteiger charge is 2.26. The summed E-state index contributed by atoms with van der Waals surface area (Å²) < 4.78 is 16.3. The smallest absolute Gasteiger partial charge is 0.290 e. The summed E-state index contributed by atoms with van der Waals surface area (Å²) in [6, 6.07) is 5.86. The molecule has 6 heteroatoms. The van der Waals surface area contributed by atoms with Gasteiger partial charge >= 0.3 is 0 Å². The number of aryl methyl sites for hydroxylation is 1. The number of amides is 1. The van der Waals surface area contributed by atoms with Crippen LogP contribution in [0.5, 0.6) is 11.5 Å². The van der Waals surface area contributed by atoms with Gasteiger partial charge in [0.15, 0.2) is 0 Å². The number of hydrogen-bond donors (Lipinski definition) is 1. The minimum atomic E-state index is -0.170. The van der Waals surface area contributed by atoms with Gasteiger partial charge in [-0.2, -0.15) is 0 Å². The third-order valence-corrected chi connectivity index (χ3v) is 4.97. The molecule has 0 radical (unpaired) electrons. The van der Waals surface area contributed by atoms with Crippen molar-refractivity contribution in [2.75, 3.05) is 20.3 Å². The van der Waals surface area contributed by atoms with Crippen molar-refractivity contribution in [3.63, 3.8) is 0 Å². The van der Waals surface area contributed by atoms with Crippen molar-refractivity contribution < 1.29 is 18.8 Å². The van der Waals surface area contributed by atoms with E-state index in [9.17, 15) is 4.79 Å². The molecule has 0 fully saturated rings. The van der Waals surface area contributed by atoms with E-state index in [0.29, 0.717) is 18.9 Å². The van der Waals surface area contributed by atoms with Gasteiger partial charge in [0.25, 0.3) is 5.91 Å². The first kappa shape index (κ1) is 16.0. The van der Waals surface area contributed by atoms with Gasteiger partial charge in [0, 0.05) is 24.1 Å². The highest BCUT2D eigenvalue weighted by atomic mass is 16.5. The van der Waals surface area contributed by atoms with Crippen LogP contribution in [0, 0.1) is 5.92 Å². The number of benzene rings is 1. The molecule has 25 heavy (non-hydrogen) atoms. The number of nitrogens with zero attached hydrogens (tertiary/aromatic N) is 1. The zero-order valence-corrected chi connectivity index (χ0v) is 14.3. The maximum Gasteiger partial charge on any atom is 0.290 e. The zero-order valence-electron chi connectivity index (χ0n) is 14.3. The van der Waals surface area contributed by atoms with E-state index in [2.05, 4.69) is 10.5 Å². The summed E-state index contributed by atoms with van der Waals surface area (Å²) in [5, 5.41) is 7.03. The van der Waals surface area contributed by atoms with Crippen LogP contribution >= 0.6 is 0 Å². The number of fused-ring (bicyclic) bond motifs is 2. The number of methoxy groups -OCH3 is 1. The topological polar surface area (TPSA) is 73.6 Å². The molecule has 2 heterocycles. The quantitative estimate of drug-likeness (QED) is 0.924. The summed E-state index contributed by atoms with van der Waals surface area (Å²) in [6.07, 6.45) is 4.86. The predicted molar refractivity (Wildman–Crippen MR) is 91.2 cm³/mol. The molecule has 1 atom stereocenters. The first-order valence-corrected chi connectivity index (χ1v) is 8.80. The molecule has 2 aliphatic rings. The third-order valence-electron chi connectivity index (χ3n) is 4.97. The number of carbonyl (C=O) groups excluding carboxylic acids is 1. The van der Waals surface area contributed by atoms with E-state index in [0.717, 1.165) is 60.4 Å². The van der Waals surface area contributed by atoms with E-state index in [4.69, 9.17) is 14.0 Å². The molecule has 1 aromatic heterocycles. The highest BCUT2D eigenvalue weighted by Crippen LogP contribution is 2.31. The van der Waals surface area contributed by atoms with Crippen LogP contribution in [0.4, 0.5) is 0 Å². The average molecular weight is 342 g/mol. The standard InChI is InChI=1S/C19H22N2O4/c1-23-14-7-6-13-8-12(11-24-17(13)9-14)10-20-19(22)18-15-4-2-3-5-16(15)21-25-18/h6-7,9,12H,2-5,8,10-11H2,1H3,(H,20,22)/t12-/m1/s1. The van der Waals surface area contributed by atoms with Crippen molar-refractivity contribution in [1.82, 2.24) is 10.5 Å². The maximum atomic E-state index is 12.4. The van der Waals surface area contributed by atoms with Gasteiger partial charge in [-0.05, 0) is 43.7 Å². The highest BCUT2D eigenvalue weighted by molar-refractivity contribution is 5.93. The SMILES string of the molecule is COc1ccc2c(c1)OC[C@@H](CNC(=O)c1onc3c1CCCC3)C2. The third kappa shape index (κ3) is 3.21. The fourth-order valence-electron chi connectivity index (χ4n) is 3.56. The van der Waals surface area contributed by atoms with Gasteiger partial charge in [0.05, 0.1) is 19.4 Å². The summed E-state index contributed by atoms with van der Waals surface area (Å²) in [7, 11) is 1.64. The van der Waals surface area contributed by atoms with Crippen molar-refractivity contribution in [2.45, 2.75) is 32.1 Å². The summed E-state index contributed by atoms with van der Waals surface area (Å²) in [6.45, 7) is 1.13. The molecule has 1 aliphatic carbocycles. The van der Waals surface area contributed by atoms with Gasteiger partial charge in [-0.15, -0.1) is 0 Å². The predicted octanol–water partition coefficient (Wildman–Crippen LogP) is 2.54. The molecular weight excluding hydrogens is 320 g/mol. The number of aromatic nitrogens is 1. The molecule has 1 aromatic carbocycles. The van der Waals surface area contributed by atoms with E-state index in [1.54, 1.807) is 7.11 Å². The monoisotopic (exact) mass is 342 g/mol. The second kappa shape index (κ2) is 6.78. The molecule has 1 N–H and O–H groups in total. The molecule has 0 saturated carbocycles. The largest absolute Gasteiger partial charge is 0.497 e. The van der Waals surface area contributed by atoms with E-state index in [1.807, 2.05) is 18.2 Å². The Kier molecular flexibility index (Phi) is 4.34. The van der Waals surface area contributed by atoms with E-state index in [1.165, 1.54) is 0 Å². The summed E-state index contributed by atoms with van der Waals surface area (Å²) >= 11 is 0. The van der Waals surface area contributed by atoms with Crippen LogP contribution in [0.15, 0.2) is 22.7 Å². The Balaban J connectivity index is 1.37. The Hall–Kier alpha value is -2.50. The van der Waals surface area contributed by atoms with Crippen molar-refractivity contribution in [2.24, 2.45) is 5.92 Å². The zero-order chi connectivity index (χ0) is 17.2. The Bertz CT molecular complexity index is 784. The minimum Gasteiger partial charge on any atom is -0.497 e. The lowest BCUT2D eigenvalue weighted by Gasteiger charge is -2.25. The molecule has 1 aliphatic heterocycles. The normalized spacial score (nSPS) is 18.7. The van der Waals surface area contributed by atoms with Crippen LogP contribution in [-0.2, 0) is 19.3 Å². The molecule has 0 bridgehead atoms. The van der Waals surface area contributed by atoms with Crippen molar-refractivity contribution in [1.29, 1.82) is 0 Å². The van der Waals surface area contributed by atoms with Gasteiger partial charge in [-0.3, -0.25) is 4.79 Å². The average Bonchev–Trinajstić information content (AvgIpc) is 3.09. The Morgan fingerprint density at radius 1 is 1.36 bits per heavy atom. The lowest BCUT2D eigenvalue weighted by molar-refractivity contribution is 0.0901. The van der Waals surface area contributed by atoms with Crippen LogP contribution in [0.1, 0.15) is 40.2 Å². The summed E-state index contributed by atoms with van der Waals surface area (Å²) in [5.41, 5.74) is 3.07. The maximum absolute atomic E-state index is 12.4. The number of hydrogen-bond acceptors (Lipinski definition) is 5. The number of ether oxygens (including phenoxy) is 2. The molecule has 2 aromatic rings. The van der Waals surface area contributed by atoms with Gasteiger partial charge in [0.1, 0.15) is 11.5 Å². The first-order chi connectivity index (χ1) is 12.2. The van der Waals surface area contributed by atoms with Crippen molar-refractivity contribution in [3.8, 4) is 11.5 Å². The molecule has 4 rings (SSSR count). The second-order valence-electron chi connectivity index (χ2n) is 6.71. The van der Waals surface area contributed by atoms with Crippen molar-refractivity contribution in [3.05, 3.63) is 40.8 Å². The molecule has 132 valence electrons. The van der Waals surface area contributed by atoms with Crippen molar-refractivity contribution >= 4 is 5.91 Å². The second-order valence-corrected chi connectivity index (χ2v) is 6.71. The van der Waals surface area contributed by atoms with Gasteiger partial charge in [-0.1, -0.05) is 11.2 Å². The fraction of sp³-hybridized carbons (Fsp3) is 0.474. The molecular formula is C19H22N2O4. The van der Waals surface area contributed by atoms with E-state index < -0.39 is 0 Å². The lowest BCUT2D eigenvalue weighted by atomic mass is 9.95. The Morgan fingerprint density at radius 3 is 3.12 bits per heavy atom. The van der Waals surface area contributed by atoms with E-state index in [-0.39, 0.29) is 11.8 Å². The number of nitrogens with one attached hydrogen (secondary N) is 1. The van der Waals surface area contributed by atoms with Crippen LogP contribution in [-0.4, -0.2) is 31.3 Å². The molecule has 1 amide bonds. The molecule has 0 spiro atoms. The lowest BCUT2D eigenvalue weighted by Crippen LogP contribution is -2.35. The Labute approximate surface area is 146 Å². The van der Waals surface area contributed by atoms with Gasteiger partial charge < -0.3 is 19.3 Å². The van der Waals surface area contributed by atoms with Crippen LogP contribution in [0.3, 0.4) is 0 Å². The molecule has 6 nitrogen and oxygen atoms in total. The minimum absolute atomic E-state index is 0.170. The van der Waals surface area contributed by atoms with Crippen LogP contribution in [0.25, 0.3) is 0 Å².